The van der Waals surface area contributed by atoms with E-state index in [9.17, 15) is 35.2 Å². The summed E-state index contributed by atoms with van der Waals surface area (Å²) < 4.78 is 87.1. The molecule has 3 aromatic heterocycles. The van der Waals surface area contributed by atoms with Crippen molar-refractivity contribution in [2.24, 2.45) is 5.92 Å². The van der Waals surface area contributed by atoms with Crippen LogP contribution in [0.3, 0.4) is 0 Å². The van der Waals surface area contributed by atoms with Gasteiger partial charge >= 0.3 is 4.71 Å². The number of benzene rings is 3. The zero-order valence-corrected chi connectivity index (χ0v) is 38.6. The number of nitrogens with one attached hydrogen (secondary N) is 2. The predicted octanol–water partition coefficient (Wildman–Crippen LogP) is 7.26. The van der Waals surface area contributed by atoms with Crippen LogP contribution in [0, 0.1) is 5.92 Å². The van der Waals surface area contributed by atoms with E-state index < -0.39 is 40.3 Å². The average molecular weight is 983 g/mol. The molecule has 3 aromatic carbocycles. The summed E-state index contributed by atoms with van der Waals surface area (Å²) in [6.45, 7) is 3.94. The van der Waals surface area contributed by atoms with E-state index in [4.69, 9.17) is 16.3 Å². The maximum absolute atomic E-state index is 14.7. The van der Waals surface area contributed by atoms with Crippen LogP contribution in [0.2, 0.25) is 0 Å². The normalized spacial score (nSPS) is 15.3. The lowest BCUT2D eigenvalue weighted by molar-refractivity contribution is 0.0357. The molecule has 1 atom stereocenters. The number of ether oxygens (including phenoxy) is 1. The number of alkyl halides is 3. The number of nitrogens with zero attached hydrogens (tertiary/aromatic N) is 5. The molecule has 1 saturated heterocycles. The average Bonchev–Trinajstić information content (AvgIpc) is 3.72. The summed E-state index contributed by atoms with van der Waals surface area (Å²) in [6, 6.07) is 24.1. The molecule has 1 fully saturated rings. The minimum Gasteiger partial charge on any atom is -0.379 e. The molecule has 340 valence electrons. The van der Waals surface area contributed by atoms with Gasteiger partial charge in [0.25, 0.3) is 31.7 Å². The van der Waals surface area contributed by atoms with Crippen LogP contribution in [-0.4, -0.2) is 98.4 Å². The fourth-order valence-corrected chi connectivity index (χ4v) is 11.9. The van der Waals surface area contributed by atoms with Crippen molar-refractivity contribution in [1.29, 1.82) is 0 Å². The maximum atomic E-state index is 14.7. The van der Waals surface area contributed by atoms with Crippen molar-refractivity contribution in [3.05, 3.63) is 131 Å². The van der Waals surface area contributed by atoms with Crippen LogP contribution < -0.4 is 14.9 Å². The minimum absolute atomic E-state index is 0.0172. The van der Waals surface area contributed by atoms with Gasteiger partial charge in [0.05, 0.1) is 33.9 Å². The van der Waals surface area contributed by atoms with Crippen molar-refractivity contribution in [2.45, 2.75) is 45.2 Å². The van der Waals surface area contributed by atoms with Crippen LogP contribution >= 0.6 is 34.7 Å². The van der Waals surface area contributed by atoms with E-state index in [-0.39, 0.29) is 36.0 Å². The lowest BCUT2D eigenvalue weighted by atomic mass is 9.94. The highest BCUT2D eigenvalue weighted by Crippen LogP contribution is 2.37. The van der Waals surface area contributed by atoms with Gasteiger partial charge in [-0.2, -0.15) is 8.78 Å². The van der Waals surface area contributed by atoms with Crippen LogP contribution in [0.15, 0.2) is 118 Å². The van der Waals surface area contributed by atoms with Crippen molar-refractivity contribution in [3.63, 3.8) is 0 Å². The number of sulfonamides is 1. The first kappa shape index (κ1) is 46.4. The van der Waals surface area contributed by atoms with Crippen molar-refractivity contribution in [1.82, 2.24) is 24.6 Å². The summed E-state index contributed by atoms with van der Waals surface area (Å²) in [5, 5.41) is 3.30. The Morgan fingerprint density at radius 3 is 2.48 bits per heavy atom. The van der Waals surface area contributed by atoms with Gasteiger partial charge in [0.15, 0.2) is 5.13 Å². The molecule has 0 aliphatic carbocycles. The Morgan fingerprint density at radius 2 is 1.71 bits per heavy atom. The number of morpholine rings is 1. The van der Waals surface area contributed by atoms with Gasteiger partial charge in [0.1, 0.15) is 17.0 Å². The quantitative estimate of drug-likeness (QED) is 0.0732. The fourth-order valence-electron chi connectivity index (χ4n) is 7.67. The number of anilines is 2. The second-order valence-electron chi connectivity index (χ2n) is 15.4. The minimum atomic E-state index is -5.61. The number of carbonyl (C=O) groups excluding carboxylic acids is 2. The summed E-state index contributed by atoms with van der Waals surface area (Å²) in [5.41, 5.74) is 2.46. The second kappa shape index (κ2) is 19.8. The Hall–Kier alpha value is -5.09. The van der Waals surface area contributed by atoms with Gasteiger partial charge in [-0.05, 0) is 109 Å². The smallest absolute Gasteiger partial charge is 0.379 e. The molecule has 21 heteroatoms. The van der Waals surface area contributed by atoms with E-state index >= 15 is 0 Å². The number of carbonyl (C=O) groups is 2. The van der Waals surface area contributed by atoms with Crippen LogP contribution in [0.25, 0.3) is 10.2 Å². The Bertz CT molecular complexity index is 2900. The first-order valence-corrected chi connectivity index (χ1v) is 25.6. The first-order valence-electron chi connectivity index (χ1n) is 20.5. The number of hydrogen-bond donors (Lipinski definition) is 2. The van der Waals surface area contributed by atoms with Gasteiger partial charge in [-0.3, -0.25) is 24.8 Å². The molecule has 14 nitrogen and oxygen atoms in total. The number of thioether (sulfide) groups is 1. The molecule has 5 heterocycles. The monoisotopic (exact) mass is 981 g/mol. The van der Waals surface area contributed by atoms with Crippen LogP contribution in [0.4, 0.5) is 19.7 Å². The molecular weight excluding hydrogens is 940 g/mol. The highest BCUT2D eigenvalue weighted by Gasteiger charge is 2.46. The Balaban J connectivity index is 1.000. The zero-order chi connectivity index (χ0) is 45.8. The molecule has 0 unspecified atom stereocenters. The SMILES string of the molecule is O=C(NS(=O)(=O)c1ccc(C[C@H](CCN2CCOCC2)CSc2ccccc2)c(S(=O)(=O)C(F)(F)Cl)c1)c1cccc(N2CCc3cccc(C(=O)Nc4nc5cnccc5s4)c3C2)n1. The van der Waals surface area contributed by atoms with E-state index in [1.54, 1.807) is 30.6 Å². The van der Waals surface area contributed by atoms with E-state index in [2.05, 4.69) is 25.2 Å². The predicted molar refractivity (Wildman–Crippen MR) is 246 cm³/mol. The number of amides is 2. The Morgan fingerprint density at radius 1 is 0.923 bits per heavy atom. The molecule has 6 aromatic rings. The first-order chi connectivity index (χ1) is 31.1. The third-order valence-electron chi connectivity index (χ3n) is 11.1. The molecule has 0 saturated carbocycles. The zero-order valence-electron chi connectivity index (χ0n) is 34.5. The molecule has 2 N–H and O–H groups in total. The van der Waals surface area contributed by atoms with Gasteiger partial charge < -0.3 is 9.64 Å². The lowest BCUT2D eigenvalue weighted by Crippen LogP contribution is -2.37. The molecule has 8 rings (SSSR count). The highest BCUT2D eigenvalue weighted by atomic mass is 35.5. The van der Waals surface area contributed by atoms with Gasteiger partial charge in [-0.1, -0.05) is 53.8 Å². The molecule has 2 amide bonds. The molecule has 65 heavy (non-hydrogen) atoms. The molecule has 0 radical (unpaired) electrons. The number of halogens is 3. The number of fused-ring (bicyclic) bond motifs is 2. The topological polar surface area (TPSA) is 181 Å². The molecular formula is C44H42ClF2N7O7S4. The number of sulfone groups is 1. The van der Waals surface area contributed by atoms with Crippen molar-refractivity contribution >= 4 is 87.5 Å². The maximum Gasteiger partial charge on any atom is 0.427 e. The summed E-state index contributed by atoms with van der Waals surface area (Å²) in [6.07, 6.45) is 4.41. The summed E-state index contributed by atoms with van der Waals surface area (Å²) >= 11 is 8.04. The van der Waals surface area contributed by atoms with Gasteiger partial charge in [0, 0.05) is 48.6 Å². The highest BCUT2D eigenvalue weighted by molar-refractivity contribution is 7.99. The number of thiazole rings is 1. The van der Waals surface area contributed by atoms with Crippen molar-refractivity contribution < 1.29 is 39.9 Å². The summed E-state index contributed by atoms with van der Waals surface area (Å²) in [5.74, 6) is -0.887. The van der Waals surface area contributed by atoms with Gasteiger partial charge in [0.2, 0.25) is 0 Å². The molecule has 2 aliphatic heterocycles. The van der Waals surface area contributed by atoms with Gasteiger partial charge in [-0.15, -0.1) is 11.8 Å². The van der Waals surface area contributed by atoms with E-state index in [0.29, 0.717) is 86.1 Å². The van der Waals surface area contributed by atoms with E-state index in [1.165, 1.54) is 41.3 Å². The van der Waals surface area contributed by atoms with Gasteiger partial charge in [-0.25, -0.2) is 31.5 Å². The van der Waals surface area contributed by atoms with Crippen LogP contribution in [0.1, 0.15) is 44.0 Å². The number of hydrogen-bond acceptors (Lipinski definition) is 14. The standard InChI is InChI=1S/C44H42ClF2N7O7S4/c45-44(46,47)64(57,58)39-25-33(13-12-31(39)24-29(15-18-53-20-22-61-23-21-53)28-62-32-7-2-1-3-8-32)65(59,60)52-42(56)36-10-5-11-40(49-36)54-19-16-30-6-4-9-34(35(30)27-54)41(55)51-43-50-37-26-48-17-14-38(37)63-43/h1-14,17,25-26,29H,15-16,18-24,27-28H2,(H,52,56)(H,50,51,55)/t29-/m0/s1. The molecule has 2 aliphatic rings. The van der Waals surface area contributed by atoms with E-state index in [1.807, 2.05) is 52.1 Å². The Labute approximate surface area is 387 Å². The third-order valence-corrected chi connectivity index (χ3v) is 16.8. The summed E-state index contributed by atoms with van der Waals surface area (Å²) in [4.78, 5) is 43.5. The fraction of sp³-hybridized carbons (Fsp3) is 0.295. The number of pyridine rings is 2. The van der Waals surface area contributed by atoms with Crippen molar-refractivity contribution in [3.8, 4) is 0 Å². The van der Waals surface area contributed by atoms with Crippen LogP contribution in [-0.2, 0) is 44.0 Å². The van der Waals surface area contributed by atoms with Crippen LogP contribution in [0.5, 0.6) is 0 Å². The lowest BCUT2D eigenvalue weighted by Gasteiger charge is -2.31. The number of rotatable bonds is 16. The number of aromatic nitrogens is 3. The molecule has 0 spiro atoms. The van der Waals surface area contributed by atoms with Crippen molar-refractivity contribution in [2.75, 3.05) is 55.4 Å². The second-order valence-corrected chi connectivity index (χ2v) is 21.9. The largest absolute Gasteiger partial charge is 0.427 e. The third kappa shape index (κ3) is 11.0. The van der Waals surface area contributed by atoms with E-state index in [0.717, 1.165) is 26.8 Å². The summed E-state index contributed by atoms with van der Waals surface area (Å²) in [7, 11) is -10.5. The Kier molecular flexibility index (Phi) is 14.1. The molecule has 0 bridgehead atoms.